The van der Waals surface area contributed by atoms with Crippen LogP contribution in [0, 0.1) is 0 Å². The molecule has 0 radical (unpaired) electrons. The molecule has 1 aliphatic rings. The Balaban J connectivity index is 1.32. The molecule has 10 amide bonds. The molecule has 10 atom stereocenters. The van der Waals surface area contributed by atoms with Gasteiger partial charge in [0.1, 0.15) is 60.1 Å². The number of hydrogen-bond donors (Lipinski definition) is 16. The van der Waals surface area contributed by atoms with E-state index < -0.39 is 120 Å². The number of unbranched alkanes of at least 4 members (excludes halogenated alkanes) is 1. The molecule has 0 aliphatic carbocycles. The van der Waals surface area contributed by atoms with Crippen LogP contribution in [0.2, 0.25) is 0 Å². The Labute approximate surface area is 538 Å². The summed E-state index contributed by atoms with van der Waals surface area (Å²) >= 11 is 0. The Bertz CT molecular complexity index is 3510. The Morgan fingerprint density at radius 2 is 1.07 bits per heavy atom. The van der Waals surface area contributed by atoms with Crippen LogP contribution in [0.3, 0.4) is 0 Å². The summed E-state index contributed by atoms with van der Waals surface area (Å²) in [6.45, 7) is 1.43. The Kier molecular flexibility index (Phi) is 26.2. The Hall–Kier alpha value is -9.64. The van der Waals surface area contributed by atoms with E-state index in [0.29, 0.717) is 50.8 Å². The Morgan fingerprint density at radius 3 is 1.63 bits per heavy atom. The van der Waals surface area contributed by atoms with Crippen molar-refractivity contribution in [2.24, 2.45) is 11.5 Å². The minimum atomic E-state index is -1.77. The number of carbonyl (C=O) groups excluding carboxylic acids is 9. The highest BCUT2D eigenvalue weighted by atomic mass is 33.1. The predicted molar refractivity (Wildman–Crippen MR) is 348 cm³/mol. The third-order valence-electron chi connectivity index (χ3n) is 15.1. The molecular formula is C64H77N13O13S2. The molecule has 1 aromatic heterocycles. The van der Waals surface area contributed by atoms with Gasteiger partial charge in [-0.3, -0.25) is 38.4 Å². The number of rotatable bonds is 19. The van der Waals surface area contributed by atoms with E-state index in [2.05, 4.69) is 52.8 Å². The first-order chi connectivity index (χ1) is 44.1. The summed E-state index contributed by atoms with van der Waals surface area (Å²) in [4.78, 5) is 147. The lowest BCUT2D eigenvalue weighted by Gasteiger charge is -2.29. The summed E-state index contributed by atoms with van der Waals surface area (Å²) in [5, 5.41) is 56.1. The van der Waals surface area contributed by atoms with E-state index >= 15 is 14.4 Å². The van der Waals surface area contributed by atoms with Gasteiger partial charge < -0.3 is 85.4 Å². The summed E-state index contributed by atoms with van der Waals surface area (Å²) in [7, 11) is 1.77. The van der Waals surface area contributed by atoms with Gasteiger partial charge in [0.25, 0.3) is 0 Å². The number of para-hydroxylation sites is 1. The number of urea groups is 1. The van der Waals surface area contributed by atoms with Crippen molar-refractivity contribution < 1.29 is 63.3 Å². The maximum absolute atomic E-state index is 15.2. The number of primary amides is 1. The molecule has 26 nitrogen and oxygen atoms in total. The standard InChI is InChI=1S/C64H77N13O13S2/c1-36(78)54-62(87)73-49(29-38-14-6-3-7-15-38)58(83)75-53(63(88)89)35-92-91-34-52(74-59(84)50(76-64(67)90)31-40-21-25-43(79)26-22-40)61(86)71-47(28-37-12-4-2-5-13-37)56(81)70-48(30-39-19-23-42(66)24-20-39)57(82)72-51(32-41-33-68-45-17-9-8-16-44(41)45)60(85)69-46(55(80)77-54)18-10-11-27-65/h2-9,12-17,19-26,33,36,46-54,68,78-79H,10-11,18,27-32,34-35,65-66H2,1H3,(H,69,85)(H,70,81)(H,71,86)(H,72,82)(H,73,87)(H,74,84)(H,75,83)(H,77,80)(H,88,89)(H3,67,76,90)/t36-,46+,47+,48+,49+,50+,51+,52+,53+,54-/m1/s1. The van der Waals surface area contributed by atoms with Crippen LogP contribution in [-0.4, -0.2) is 158 Å². The predicted octanol–water partition coefficient (Wildman–Crippen LogP) is 0.874. The maximum atomic E-state index is 15.2. The number of aliphatic hydroxyl groups is 1. The molecule has 1 saturated heterocycles. The summed E-state index contributed by atoms with van der Waals surface area (Å²) in [5.74, 6) is -9.80. The number of phenolic OH excluding ortho intramolecular Hbond substituents is 1. The molecule has 0 unspecified atom stereocenters. The number of carboxylic acids is 1. The van der Waals surface area contributed by atoms with Crippen molar-refractivity contribution in [1.82, 2.24) is 52.8 Å². The molecule has 28 heteroatoms. The zero-order chi connectivity index (χ0) is 66.3. The molecule has 2 heterocycles. The van der Waals surface area contributed by atoms with E-state index in [1.165, 1.54) is 31.2 Å². The van der Waals surface area contributed by atoms with E-state index in [4.69, 9.17) is 17.2 Å². The van der Waals surface area contributed by atoms with Crippen molar-refractivity contribution in [3.05, 3.63) is 167 Å². The van der Waals surface area contributed by atoms with E-state index in [0.717, 1.165) is 21.6 Å². The van der Waals surface area contributed by atoms with Gasteiger partial charge in [0.15, 0.2) is 0 Å². The van der Waals surface area contributed by atoms with Crippen molar-refractivity contribution in [2.75, 3.05) is 23.8 Å². The minimum Gasteiger partial charge on any atom is -0.508 e. The van der Waals surface area contributed by atoms with Crippen molar-refractivity contribution >= 4 is 97.4 Å². The number of H-pyrrole nitrogens is 1. The van der Waals surface area contributed by atoms with Crippen LogP contribution in [0.5, 0.6) is 5.75 Å². The normalized spacial score (nSPS) is 21.8. The lowest BCUT2D eigenvalue weighted by atomic mass is 10.00. The first-order valence-electron chi connectivity index (χ1n) is 29.7. The number of nitrogen functional groups attached to an aromatic ring is 1. The molecule has 92 heavy (non-hydrogen) atoms. The number of aliphatic carboxylic acids is 1. The topological polar surface area (TPSA) is 434 Å². The number of nitrogens with two attached hydrogens (primary N) is 3. The fourth-order valence-corrected chi connectivity index (χ4v) is 12.4. The molecule has 7 rings (SSSR count). The third kappa shape index (κ3) is 21.2. The van der Waals surface area contributed by atoms with Gasteiger partial charge in [-0.15, -0.1) is 0 Å². The number of carboxylic acid groups (broad SMARTS) is 1. The lowest BCUT2D eigenvalue weighted by Crippen LogP contribution is -2.62. The zero-order valence-electron chi connectivity index (χ0n) is 50.3. The number of nitrogens with one attached hydrogen (secondary N) is 10. The zero-order valence-corrected chi connectivity index (χ0v) is 51.9. The quantitative estimate of drug-likeness (QED) is 0.0304. The number of aromatic nitrogens is 1. The number of aliphatic hydroxyl groups excluding tert-OH is 1. The monoisotopic (exact) mass is 1300 g/mol. The number of carbonyl (C=O) groups is 10. The number of anilines is 1. The van der Waals surface area contributed by atoms with E-state index in [1.54, 1.807) is 109 Å². The molecule has 0 bridgehead atoms. The van der Waals surface area contributed by atoms with Gasteiger partial charge >= 0.3 is 12.0 Å². The Morgan fingerprint density at radius 1 is 0.576 bits per heavy atom. The van der Waals surface area contributed by atoms with Gasteiger partial charge in [-0.25, -0.2) is 9.59 Å². The second-order valence-corrected chi connectivity index (χ2v) is 24.7. The number of aromatic amines is 1. The number of fused-ring (bicyclic) bond motifs is 1. The number of hydrogen-bond acceptors (Lipinski definition) is 16. The van der Waals surface area contributed by atoms with Crippen LogP contribution in [0.25, 0.3) is 10.9 Å². The number of benzene rings is 5. The van der Waals surface area contributed by atoms with Crippen LogP contribution >= 0.6 is 21.6 Å². The van der Waals surface area contributed by atoms with Gasteiger partial charge in [-0.05, 0) is 90.9 Å². The highest BCUT2D eigenvalue weighted by molar-refractivity contribution is 8.76. The molecule has 1 fully saturated rings. The summed E-state index contributed by atoms with van der Waals surface area (Å²) in [6.07, 6.45) is -0.309. The number of aromatic hydroxyl groups is 1. The summed E-state index contributed by atoms with van der Waals surface area (Å²) < 4.78 is 0. The third-order valence-corrected chi connectivity index (χ3v) is 17.5. The first-order valence-corrected chi connectivity index (χ1v) is 32.2. The highest BCUT2D eigenvalue weighted by Gasteiger charge is 2.37. The fraction of sp³-hybridized carbons (Fsp3) is 0.344. The molecule has 5 aromatic carbocycles. The van der Waals surface area contributed by atoms with Crippen LogP contribution in [-0.2, 0) is 75.3 Å². The average Bonchev–Trinajstić information content (AvgIpc) is 1.61. The molecule has 6 aromatic rings. The summed E-state index contributed by atoms with van der Waals surface area (Å²) in [5.41, 5.74) is 21.2. The smallest absolute Gasteiger partial charge is 0.327 e. The number of phenols is 1. The van der Waals surface area contributed by atoms with Crippen molar-refractivity contribution in [3.8, 4) is 5.75 Å². The second kappa shape index (κ2) is 34.5. The van der Waals surface area contributed by atoms with Gasteiger partial charge in [-0.2, -0.15) is 0 Å². The minimum absolute atomic E-state index is 0.0535. The van der Waals surface area contributed by atoms with Crippen LogP contribution in [0.1, 0.15) is 54.0 Å². The largest absolute Gasteiger partial charge is 0.508 e. The van der Waals surface area contributed by atoms with Gasteiger partial charge in [0.2, 0.25) is 47.3 Å². The summed E-state index contributed by atoms with van der Waals surface area (Å²) in [6, 6.07) is 21.3. The van der Waals surface area contributed by atoms with Gasteiger partial charge in [0.05, 0.1) is 6.10 Å². The SMILES string of the molecule is C[C@@H](O)[C@H]1NC(=O)[C@H](CCCCN)NC(=O)[C@H](Cc2c[nH]c3ccccc23)NC(=O)[C@H](Cc2ccc(N)cc2)NC(=O)[C@H](Cc2ccccc2)NC(=O)[C@@H](NC(=O)[C@H](Cc2ccc(O)cc2)NC(N)=O)CSSC[C@@H](C(=O)O)NC(=O)[C@H](Cc2ccccc2)NC1=O. The van der Waals surface area contributed by atoms with Crippen LogP contribution in [0.15, 0.2) is 140 Å². The van der Waals surface area contributed by atoms with E-state index in [1.807, 2.05) is 6.07 Å². The molecule has 488 valence electrons. The second-order valence-electron chi connectivity index (χ2n) is 22.2. The fourth-order valence-electron chi connectivity index (χ4n) is 10.1. The molecular weight excluding hydrogens is 1220 g/mol. The van der Waals surface area contributed by atoms with Crippen LogP contribution < -0.4 is 65.1 Å². The molecule has 0 spiro atoms. The molecule has 1 aliphatic heterocycles. The van der Waals surface area contributed by atoms with Crippen LogP contribution in [0.4, 0.5) is 10.5 Å². The maximum Gasteiger partial charge on any atom is 0.327 e. The average molecular weight is 1300 g/mol. The van der Waals surface area contributed by atoms with Gasteiger partial charge in [0, 0.05) is 66.4 Å². The lowest BCUT2D eigenvalue weighted by molar-refractivity contribution is -0.141. The highest BCUT2D eigenvalue weighted by Crippen LogP contribution is 2.25. The van der Waals surface area contributed by atoms with Crippen molar-refractivity contribution in [1.29, 1.82) is 0 Å². The van der Waals surface area contributed by atoms with Gasteiger partial charge in [-0.1, -0.05) is 125 Å². The molecule has 19 N–H and O–H groups in total. The van der Waals surface area contributed by atoms with E-state index in [9.17, 15) is 48.9 Å². The van der Waals surface area contributed by atoms with E-state index in [-0.39, 0.29) is 68.7 Å². The number of amides is 10. The van der Waals surface area contributed by atoms with Crippen molar-refractivity contribution in [3.63, 3.8) is 0 Å². The molecule has 0 saturated carbocycles. The first kappa shape index (κ1) is 69.8. The van der Waals surface area contributed by atoms with Crippen molar-refractivity contribution in [2.45, 2.75) is 119 Å².